The Morgan fingerprint density at radius 1 is 1.43 bits per heavy atom. The first-order valence-corrected chi connectivity index (χ1v) is 5.08. The second-order valence-electron chi connectivity index (χ2n) is 3.81. The molecule has 0 aromatic rings. The van der Waals surface area contributed by atoms with Crippen molar-refractivity contribution >= 4 is 5.84 Å². The maximum Gasteiger partial charge on any atom is 0.153 e. The Morgan fingerprint density at radius 2 is 2.14 bits per heavy atom. The van der Waals surface area contributed by atoms with E-state index in [2.05, 4.69) is 10.5 Å². The van der Waals surface area contributed by atoms with Crippen LogP contribution in [-0.4, -0.2) is 35.3 Å². The lowest BCUT2D eigenvalue weighted by Crippen LogP contribution is -2.43. The van der Waals surface area contributed by atoms with Crippen LogP contribution in [0.4, 0.5) is 0 Å². The van der Waals surface area contributed by atoms with E-state index < -0.39 is 0 Å². The highest BCUT2D eigenvalue weighted by molar-refractivity contribution is 5.81. The Hall–Kier alpha value is -0.810. The molecule has 0 spiro atoms. The summed E-state index contributed by atoms with van der Waals surface area (Å²) < 4.78 is 0. The molecule has 5 heteroatoms. The van der Waals surface area contributed by atoms with E-state index in [0.29, 0.717) is 18.5 Å². The van der Waals surface area contributed by atoms with Crippen LogP contribution in [0, 0.1) is 5.92 Å². The van der Waals surface area contributed by atoms with Gasteiger partial charge in [-0.05, 0) is 18.8 Å². The van der Waals surface area contributed by atoms with Crippen LogP contribution in [-0.2, 0) is 0 Å². The summed E-state index contributed by atoms with van der Waals surface area (Å²) in [4.78, 5) is 0. The summed E-state index contributed by atoms with van der Waals surface area (Å²) >= 11 is 0. The molecule has 82 valence electrons. The average molecular weight is 201 g/mol. The molecule has 2 atom stereocenters. The van der Waals surface area contributed by atoms with Gasteiger partial charge >= 0.3 is 0 Å². The summed E-state index contributed by atoms with van der Waals surface area (Å²) in [6.07, 6.45) is 4.49. The van der Waals surface area contributed by atoms with Crippen molar-refractivity contribution in [1.29, 1.82) is 0 Å². The Labute approximate surface area is 84.0 Å². The average Bonchev–Trinajstić information content (AvgIpc) is 2.26. The van der Waals surface area contributed by atoms with E-state index in [1.807, 2.05) is 0 Å². The first kappa shape index (κ1) is 11.3. The molecule has 1 rings (SSSR count). The van der Waals surface area contributed by atoms with Crippen molar-refractivity contribution in [1.82, 2.24) is 5.32 Å². The van der Waals surface area contributed by atoms with Crippen molar-refractivity contribution in [2.75, 3.05) is 13.2 Å². The normalized spacial score (nSPS) is 29.1. The van der Waals surface area contributed by atoms with Gasteiger partial charge < -0.3 is 21.4 Å². The lowest BCUT2D eigenvalue weighted by atomic mass is 9.85. The molecule has 0 aromatic carbocycles. The highest BCUT2D eigenvalue weighted by atomic mass is 16.4. The molecule has 0 aromatic heterocycles. The number of hydrogen-bond donors (Lipinski definition) is 4. The van der Waals surface area contributed by atoms with E-state index in [9.17, 15) is 0 Å². The molecule has 0 bridgehead atoms. The molecule has 14 heavy (non-hydrogen) atoms. The summed E-state index contributed by atoms with van der Waals surface area (Å²) in [5, 5.41) is 23.6. The zero-order valence-corrected chi connectivity index (χ0v) is 8.32. The summed E-state index contributed by atoms with van der Waals surface area (Å²) in [6, 6.07) is 0.300. The molecule has 0 heterocycles. The van der Waals surface area contributed by atoms with Gasteiger partial charge in [-0.15, -0.1) is 0 Å². The van der Waals surface area contributed by atoms with Crippen LogP contribution in [0.25, 0.3) is 0 Å². The minimum atomic E-state index is 0.187. The maximum absolute atomic E-state index is 9.13. The van der Waals surface area contributed by atoms with Gasteiger partial charge in [-0.1, -0.05) is 18.0 Å². The number of aliphatic hydroxyl groups excluding tert-OH is 1. The van der Waals surface area contributed by atoms with Gasteiger partial charge in [0.05, 0.1) is 6.54 Å². The number of rotatable bonds is 4. The van der Waals surface area contributed by atoms with Gasteiger partial charge in [0.15, 0.2) is 5.84 Å². The fourth-order valence-corrected chi connectivity index (χ4v) is 1.97. The second-order valence-corrected chi connectivity index (χ2v) is 3.81. The van der Waals surface area contributed by atoms with Gasteiger partial charge in [-0.25, -0.2) is 0 Å². The summed E-state index contributed by atoms with van der Waals surface area (Å²) in [5.41, 5.74) is 5.35. The number of nitrogens with two attached hydrogens (primary N) is 1. The fraction of sp³-hybridized carbons (Fsp3) is 0.889. The molecular weight excluding hydrogens is 182 g/mol. The predicted octanol–water partition coefficient (Wildman–Crippen LogP) is -0.126. The van der Waals surface area contributed by atoms with Crippen LogP contribution in [0.15, 0.2) is 5.16 Å². The Balaban J connectivity index is 2.33. The third kappa shape index (κ3) is 3.16. The maximum atomic E-state index is 9.13. The molecule has 0 amide bonds. The Kier molecular flexibility index (Phi) is 4.69. The van der Waals surface area contributed by atoms with Crippen LogP contribution in [0.3, 0.4) is 0 Å². The van der Waals surface area contributed by atoms with Crippen LogP contribution in [0.5, 0.6) is 0 Å². The Morgan fingerprint density at radius 3 is 2.79 bits per heavy atom. The van der Waals surface area contributed by atoms with Gasteiger partial charge in [-0.2, -0.15) is 0 Å². The molecule has 2 unspecified atom stereocenters. The van der Waals surface area contributed by atoms with E-state index in [4.69, 9.17) is 16.0 Å². The zero-order valence-electron chi connectivity index (χ0n) is 8.32. The highest BCUT2D eigenvalue weighted by Gasteiger charge is 2.23. The number of nitrogens with zero attached hydrogens (tertiary/aromatic N) is 1. The molecule has 0 saturated heterocycles. The molecule has 1 aliphatic rings. The van der Waals surface area contributed by atoms with Crippen molar-refractivity contribution in [2.45, 2.75) is 31.7 Å². The molecule has 5 nitrogen and oxygen atoms in total. The molecular formula is C9H19N3O2. The fourth-order valence-electron chi connectivity index (χ4n) is 1.97. The number of oxime groups is 1. The third-order valence-electron chi connectivity index (χ3n) is 2.82. The monoisotopic (exact) mass is 201 g/mol. The van der Waals surface area contributed by atoms with E-state index >= 15 is 0 Å². The first-order chi connectivity index (χ1) is 6.77. The van der Waals surface area contributed by atoms with Gasteiger partial charge in [-0.3, -0.25) is 0 Å². The standard InChI is InChI=1S/C9H19N3O2/c10-9(12-14)5-11-8-4-2-1-3-7(8)6-13/h7-8,11,13-14H,1-6H2,(H2,10,12). The first-order valence-electron chi connectivity index (χ1n) is 5.08. The molecule has 0 aliphatic heterocycles. The van der Waals surface area contributed by atoms with Gasteiger partial charge in [0.2, 0.25) is 0 Å². The van der Waals surface area contributed by atoms with Crippen LogP contribution < -0.4 is 11.1 Å². The molecule has 5 N–H and O–H groups in total. The summed E-state index contributed by atoms with van der Waals surface area (Å²) in [5.74, 6) is 0.502. The van der Waals surface area contributed by atoms with E-state index in [1.54, 1.807) is 0 Å². The smallest absolute Gasteiger partial charge is 0.153 e. The van der Waals surface area contributed by atoms with Crippen molar-refractivity contribution in [2.24, 2.45) is 16.8 Å². The summed E-state index contributed by atoms with van der Waals surface area (Å²) in [7, 11) is 0. The van der Waals surface area contributed by atoms with Crippen molar-refractivity contribution in [3.8, 4) is 0 Å². The van der Waals surface area contributed by atoms with E-state index in [-0.39, 0.29) is 12.4 Å². The Bertz CT molecular complexity index is 196. The lowest BCUT2D eigenvalue weighted by Gasteiger charge is -2.30. The number of hydrogen-bond acceptors (Lipinski definition) is 4. The van der Waals surface area contributed by atoms with Crippen molar-refractivity contribution in [3.63, 3.8) is 0 Å². The van der Waals surface area contributed by atoms with Crippen LogP contribution in [0.1, 0.15) is 25.7 Å². The quantitative estimate of drug-likeness (QED) is 0.221. The van der Waals surface area contributed by atoms with Gasteiger partial charge in [0.1, 0.15) is 0 Å². The second kappa shape index (κ2) is 5.82. The largest absolute Gasteiger partial charge is 0.409 e. The van der Waals surface area contributed by atoms with Gasteiger partial charge in [0.25, 0.3) is 0 Å². The van der Waals surface area contributed by atoms with E-state index in [1.165, 1.54) is 12.8 Å². The SMILES string of the molecule is NC(CNC1CCCCC1CO)=NO. The number of aliphatic hydroxyl groups is 1. The number of nitrogens with one attached hydrogen (secondary N) is 1. The minimum absolute atomic E-state index is 0.187. The topological polar surface area (TPSA) is 90.9 Å². The summed E-state index contributed by atoms with van der Waals surface area (Å²) in [6.45, 7) is 0.603. The van der Waals surface area contributed by atoms with Gasteiger partial charge in [0, 0.05) is 12.6 Å². The lowest BCUT2D eigenvalue weighted by molar-refractivity contribution is 0.155. The minimum Gasteiger partial charge on any atom is -0.409 e. The predicted molar refractivity (Wildman–Crippen MR) is 54.2 cm³/mol. The molecule has 1 fully saturated rings. The van der Waals surface area contributed by atoms with E-state index in [0.717, 1.165) is 12.8 Å². The van der Waals surface area contributed by atoms with Crippen LogP contribution in [0.2, 0.25) is 0 Å². The zero-order chi connectivity index (χ0) is 10.4. The molecule has 0 radical (unpaired) electrons. The highest BCUT2D eigenvalue weighted by Crippen LogP contribution is 2.23. The van der Waals surface area contributed by atoms with Crippen molar-refractivity contribution < 1.29 is 10.3 Å². The molecule has 1 aliphatic carbocycles. The number of amidine groups is 1. The third-order valence-corrected chi connectivity index (χ3v) is 2.82. The van der Waals surface area contributed by atoms with Crippen LogP contribution >= 0.6 is 0 Å². The molecule has 1 saturated carbocycles. The van der Waals surface area contributed by atoms with Crippen molar-refractivity contribution in [3.05, 3.63) is 0 Å².